The highest BCUT2D eigenvalue weighted by Crippen LogP contribution is 2.38. The third-order valence-electron chi connectivity index (χ3n) is 18.2. The zero-order chi connectivity index (χ0) is 83.1. The lowest BCUT2D eigenvalue weighted by Crippen LogP contribution is -2.17. The molecule has 0 fully saturated rings. The molecule has 0 radical (unpaired) electrons. The van der Waals surface area contributed by atoms with Crippen LogP contribution in [0.1, 0.15) is 27.8 Å². The number of aromatic amines is 4. The molecule has 8 aromatic carbocycles. The van der Waals surface area contributed by atoms with E-state index in [4.69, 9.17) is 0 Å². The topological polar surface area (TPSA) is 323 Å². The summed E-state index contributed by atoms with van der Waals surface area (Å²) in [5, 5.41) is 64.9. The Morgan fingerprint density at radius 2 is 0.686 bits per heavy atom. The maximum absolute atomic E-state index is 13.4. The Labute approximate surface area is 691 Å². The summed E-state index contributed by atoms with van der Waals surface area (Å²) in [5.74, 6) is 0.716. The van der Waals surface area contributed by atoms with Crippen molar-refractivity contribution in [1.29, 1.82) is 0 Å². The maximum Gasteiger partial charge on any atom is 0.573 e. The van der Waals surface area contributed by atoms with Gasteiger partial charge in [-0.1, -0.05) is 36.4 Å². The van der Waals surface area contributed by atoms with E-state index >= 15 is 0 Å². The molecular weight excluding hydrogens is 1660 g/mol. The molecule has 20 aromatic rings. The summed E-state index contributed by atoms with van der Waals surface area (Å²) < 4.78 is 138. The van der Waals surface area contributed by atoms with Crippen LogP contribution in [-0.2, 0) is 32.4 Å². The lowest BCUT2D eigenvalue weighted by Gasteiger charge is -2.14. The molecule has 0 saturated carbocycles. The van der Waals surface area contributed by atoms with Crippen molar-refractivity contribution in [2.45, 2.75) is 38.7 Å². The lowest BCUT2D eigenvalue weighted by molar-refractivity contribution is -0.274. The van der Waals surface area contributed by atoms with Gasteiger partial charge in [-0.25, -0.2) is 37.5 Å². The third kappa shape index (κ3) is 19.1. The second-order valence-electron chi connectivity index (χ2n) is 26.6. The van der Waals surface area contributed by atoms with E-state index < -0.39 is 41.4 Å². The van der Waals surface area contributed by atoms with E-state index in [-0.39, 0.29) is 36.9 Å². The number of hydrogen-bond acceptors (Lipinski definition) is 25. The van der Waals surface area contributed by atoms with Gasteiger partial charge in [-0.05, 0) is 183 Å². The van der Waals surface area contributed by atoms with Crippen LogP contribution in [0.3, 0.4) is 0 Å². The Morgan fingerprint density at radius 3 is 1.06 bits per heavy atom. The largest absolute Gasteiger partial charge is 0.573 e. The molecule has 0 amide bonds. The first-order valence-corrected chi connectivity index (χ1v) is 39.9. The number of halogens is 10. The number of nitrogens with zero attached hydrogens (tertiary/aromatic N) is 12. The normalized spacial score (nSPS) is 11.5. The van der Waals surface area contributed by atoms with Crippen LogP contribution in [0.2, 0.25) is 0 Å². The minimum Gasteiger partial charge on any atom is -0.406 e. The molecule has 39 heteroatoms. The summed E-state index contributed by atoms with van der Waals surface area (Å²) in [6.45, 7) is 0.756. The molecule has 606 valence electrons. The standard InChI is InChI=1S/C21H15F3N6OS.C21H15F3N6S.2C20H14F2N6S/c22-21(23,24)31-15-4-1-12(2-5-15)10-25-20-28-17-7-8-32-18(17)19(29-20)27-14-3-6-16-13(9-14)11-26-30-16;22-21(23,24)15-4-2-1-3-12(15)10-25-20-28-17-7-8-31-18(17)19(29-20)27-14-5-6-16-13(9-14)11-26-30-16;21-14-3-1-11(7-15(14)22)9-23-20-26-17-5-6-29-18(17)19(27-20)25-13-2-4-16-12(8-13)10-24-28-16;21-13-5-11(6-14(22)8-13)9-23-20-26-17-3-4-29-18(17)19(27-20)25-15-1-2-16-12(7-15)10-24-28-16/h1-9,11H,10H2,(H,26,30)(H2,25,27,28,29);1-9,11H,10H2,(H,26,30)(H2,25,27,28,29);2*1-8,10H,9H2,(H,24,28)(H2,23,25,26,27). The zero-order valence-corrected chi connectivity index (χ0v) is 65.2. The number of aromatic nitrogens is 16. The van der Waals surface area contributed by atoms with Gasteiger partial charge in [0.05, 0.1) is 93.3 Å². The second-order valence-corrected chi connectivity index (χ2v) is 30.3. The van der Waals surface area contributed by atoms with Crippen molar-refractivity contribution in [1.82, 2.24) is 80.7 Å². The smallest absolute Gasteiger partial charge is 0.406 e. The van der Waals surface area contributed by atoms with Gasteiger partial charge in [0, 0.05) is 76.5 Å². The first-order valence-electron chi connectivity index (χ1n) is 36.4. The van der Waals surface area contributed by atoms with Crippen LogP contribution < -0.4 is 47.3 Å². The Hall–Kier alpha value is -14.7. The summed E-state index contributed by atoms with van der Waals surface area (Å²) in [7, 11) is 0. The van der Waals surface area contributed by atoms with Gasteiger partial charge in [-0.2, -0.15) is 53.5 Å². The van der Waals surface area contributed by atoms with Crippen LogP contribution in [0.25, 0.3) is 84.5 Å². The molecular formula is C82H58F10N24OS4. The summed E-state index contributed by atoms with van der Waals surface area (Å²) >= 11 is 6.09. The van der Waals surface area contributed by atoms with Crippen LogP contribution in [0.5, 0.6) is 5.75 Å². The van der Waals surface area contributed by atoms with Crippen molar-refractivity contribution in [3.8, 4) is 5.75 Å². The molecule has 12 aromatic heterocycles. The van der Waals surface area contributed by atoms with Crippen LogP contribution >= 0.6 is 45.3 Å². The third-order valence-corrected chi connectivity index (χ3v) is 21.8. The molecule has 0 saturated heterocycles. The fourth-order valence-corrected chi connectivity index (χ4v) is 15.7. The van der Waals surface area contributed by atoms with Crippen molar-refractivity contribution >= 4 is 200 Å². The summed E-state index contributed by atoms with van der Waals surface area (Å²) in [5.41, 5.74) is 11.5. The van der Waals surface area contributed by atoms with E-state index in [2.05, 4.69) is 128 Å². The van der Waals surface area contributed by atoms with Gasteiger partial charge in [0.25, 0.3) is 0 Å². The van der Waals surface area contributed by atoms with Gasteiger partial charge >= 0.3 is 12.5 Å². The molecule has 12 N–H and O–H groups in total. The van der Waals surface area contributed by atoms with E-state index in [1.165, 1.54) is 76.5 Å². The highest BCUT2D eigenvalue weighted by atomic mass is 32.1. The number of thiophene rings is 4. The zero-order valence-electron chi connectivity index (χ0n) is 62.0. The van der Waals surface area contributed by atoms with E-state index in [1.807, 2.05) is 119 Å². The average molecular weight is 1710 g/mol. The Balaban J connectivity index is 0.000000115. The van der Waals surface area contributed by atoms with Gasteiger partial charge in [-0.3, -0.25) is 20.4 Å². The van der Waals surface area contributed by atoms with E-state index in [0.29, 0.717) is 64.3 Å². The Morgan fingerprint density at radius 1 is 0.331 bits per heavy atom. The van der Waals surface area contributed by atoms with Crippen molar-refractivity contribution in [3.05, 3.63) is 279 Å². The van der Waals surface area contributed by atoms with Crippen LogP contribution in [0.15, 0.2) is 228 Å². The maximum atomic E-state index is 13.4. The molecule has 0 unspecified atom stereocenters. The van der Waals surface area contributed by atoms with Crippen molar-refractivity contribution in [2.24, 2.45) is 0 Å². The number of fused-ring (bicyclic) bond motifs is 8. The number of alkyl halides is 6. The predicted octanol–water partition coefficient (Wildman–Crippen LogP) is 22.2. The average Bonchev–Trinajstić information content (AvgIpc) is 1.70. The summed E-state index contributed by atoms with van der Waals surface area (Å²) in [4.78, 5) is 36.2. The Bertz CT molecular complexity index is 7070. The quantitative estimate of drug-likeness (QED) is 0.0297. The molecule has 0 aliphatic heterocycles. The van der Waals surface area contributed by atoms with Crippen molar-refractivity contribution < 1.29 is 48.6 Å². The minimum absolute atomic E-state index is 0.0499. The van der Waals surface area contributed by atoms with Gasteiger partial charge < -0.3 is 47.3 Å². The lowest BCUT2D eigenvalue weighted by atomic mass is 10.1. The molecule has 0 aliphatic rings. The summed E-state index contributed by atoms with van der Waals surface area (Å²) in [6.07, 6.45) is -2.14. The van der Waals surface area contributed by atoms with Gasteiger partial charge in [0.1, 0.15) is 17.4 Å². The number of H-pyrrole nitrogens is 4. The SMILES string of the molecule is FC(F)(F)Oc1ccc(CNc2nc(Nc3ccc4[nH]ncc4c3)c3sccc3n2)cc1.FC(F)(F)c1ccccc1CNc1nc(Nc2ccc3[nH]ncc3c2)c2sccc2n1.Fc1cc(F)cc(CNc2nc(Nc3ccc4[nH]ncc4c3)c3sccc3n2)c1.Fc1ccc(CNc2nc(Nc3ccc4[nH]ncc4c3)c3sccc3n2)cc1F. The number of nitrogens with one attached hydrogen (secondary N) is 12. The molecule has 0 bridgehead atoms. The highest BCUT2D eigenvalue weighted by molar-refractivity contribution is 7.18. The van der Waals surface area contributed by atoms with Gasteiger partial charge in [-0.15, -0.1) is 58.5 Å². The van der Waals surface area contributed by atoms with Crippen LogP contribution in [0.4, 0.5) is 114 Å². The first-order chi connectivity index (χ1) is 58.7. The molecule has 0 aliphatic carbocycles. The number of ether oxygens (including phenoxy) is 1. The number of hydrogen-bond donors (Lipinski definition) is 12. The molecule has 20 rings (SSSR count). The van der Waals surface area contributed by atoms with E-state index in [9.17, 15) is 43.9 Å². The van der Waals surface area contributed by atoms with E-state index in [0.717, 1.165) is 132 Å². The molecule has 121 heavy (non-hydrogen) atoms. The number of rotatable bonds is 21. The molecule has 0 spiro atoms. The van der Waals surface area contributed by atoms with Crippen molar-refractivity contribution in [3.63, 3.8) is 0 Å². The second kappa shape index (κ2) is 34.5. The van der Waals surface area contributed by atoms with Gasteiger partial charge in [0.15, 0.2) is 34.9 Å². The first kappa shape index (κ1) is 78.8. The molecule has 25 nitrogen and oxygen atoms in total. The van der Waals surface area contributed by atoms with Crippen LogP contribution in [-0.4, -0.2) is 87.0 Å². The predicted molar refractivity (Wildman–Crippen MR) is 454 cm³/mol. The fourth-order valence-electron chi connectivity index (χ4n) is 12.6. The number of benzene rings is 8. The highest BCUT2D eigenvalue weighted by Gasteiger charge is 2.33. The molecule has 0 atom stereocenters. The Kier molecular flexibility index (Phi) is 22.4. The number of anilines is 12. The van der Waals surface area contributed by atoms with Crippen molar-refractivity contribution in [2.75, 3.05) is 42.5 Å². The van der Waals surface area contributed by atoms with Crippen LogP contribution in [0, 0.1) is 23.3 Å². The monoisotopic (exact) mass is 1710 g/mol. The van der Waals surface area contributed by atoms with E-state index in [1.54, 1.807) is 54.3 Å². The van der Waals surface area contributed by atoms with Gasteiger partial charge in [0.2, 0.25) is 23.8 Å². The fraction of sp³-hybridized carbons (Fsp3) is 0.0732. The minimum atomic E-state index is -4.71. The summed E-state index contributed by atoms with van der Waals surface area (Å²) in [6, 6.07) is 49.1. The molecule has 12 heterocycles.